The van der Waals surface area contributed by atoms with Crippen LogP contribution in [-0.2, 0) is 4.79 Å². The SMILES string of the molecule is O=C1CCCC2[C@@H]3C[C@H](CN12)C1CCCCN1C3. The highest BCUT2D eigenvalue weighted by molar-refractivity contribution is 5.77. The van der Waals surface area contributed by atoms with Gasteiger partial charge in [-0.2, -0.15) is 0 Å². The fourth-order valence-electron chi connectivity index (χ4n) is 5.10. The van der Waals surface area contributed by atoms with Crippen LogP contribution in [0.3, 0.4) is 0 Å². The first-order chi connectivity index (χ1) is 8.83. The third-order valence-electron chi connectivity index (χ3n) is 5.87. The van der Waals surface area contributed by atoms with E-state index in [2.05, 4.69) is 9.80 Å². The van der Waals surface area contributed by atoms with Crippen LogP contribution in [-0.4, -0.2) is 47.4 Å². The summed E-state index contributed by atoms with van der Waals surface area (Å²) in [6, 6.07) is 1.39. The van der Waals surface area contributed by atoms with E-state index in [1.807, 2.05) is 0 Å². The molecule has 2 unspecified atom stereocenters. The van der Waals surface area contributed by atoms with Crippen LogP contribution in [0.2, 0.25) is 0 Å². The number of piperidine rings is 4. The summed E-state index contributed by atoms with van der Waals surface area (Å²) in [7, 11) is 0. The zero-order valence-corrected chi connectivity index (χ0v) is 11.2. The van der Waals surface area contributed by atoms with Crippen molar-refractivity contribution < 1.29 is 4.79 Å². The Bertz CT molecular complexity index is 356. The second kappa shape index (κ2) is 4.22. The van der Waals surface area contributed by atoms with Crippen LogP contribution in [0.15, 0.2) is 0 Å². The van der Waals surface area contributed by atoms with Crippen molar-refractivity contribution in [1.29, 1.82) is 0 Å². The molecular formula is C15H24N2O. The predicted molar refractivity (Wildman–Crippen MR) is 70.2 cm³/mol. The molecule has 3 heteroatoms. The van der Waals surface area contributed by atoms with Crippen LogP contribution < -0.4 is 0 Å². The summed E-state index contributed by atoms with van der Waals surface area (Å²) in [6.07, 6.45) is 8.78. The lowest BCUT2D eigenvalue weighted by atomic mass is 9.71. The molecule has 4 saturated heterocycles. The Labute approximate surface area is 110 Å². The molecule has 4 fully saturated rings. The molecule has 0 spiro atoms. The molecule has 4 heterocycles. The number of hydrogen-bond acceptors (Lipinski definition) is 2. The van der Waals surface area contributed by atoms with Gasteiger partial charge in [0.2, 0.25) is 5.91 Å². The summed E-state index contributed by atoms with van der Waals surface area (Å²) in [4.78, 5) is 17.2. The Kier molecular flexibility index (Phi) is 2.65. The topological polar surface area (TPSA) is 23.6 Å². The minimum Gasteiger partial charge on any atom is -0.339 e. The Balaban J connectivity index is 1.59. The first-order valence-corrected chi connectivity index (χ1v) is 7.86. The van der Waals surface area contributed by atoms with Crippen molar-refractivity contribution in [1.82, 2.24) is 9.80 Å². The van der Waals surface area contributed by atoms with E-state index in [9.17, 15) is 4.79 Å². The van der Waals surface area contributed by atoms with E-state index in [1.54, 1.807) is 0 Å². The fraction of sp³-hybridized carbons (Fsp3) is 0.933. The number of carbonyl (C=O) groups is 1. The summed E-state index contributed by atoms with van der Waals surface area (Å²) in [5.41, 5.74) is 0. The largest absolute Gasteiger partial charge is 0.339 e. The summed E-state index contributed by atoms with van der Waals surface area (Å²) in [5, 5.41) is 0. The highest BCUT2D eigenvalue weighted by Gasteiger charge is 2.47. The van der Waals surface area contributed by atoms with Gasteiger partial charge in [-0.3, -0.25) is 9.69 Å². The number of amides is 1. The summed E-state index contributed by atoms with van der Waals surface area (Å²) >= 11 is 0. The van der Waals surface area contributed by atoms with E-state index in [0.29, 0.717) is 11.9 Å². The van der Waals surface area contributed by atoms with Gasteiger partial charge in [0, 0.05) is 31.6 Å². The zero-order chi connectivity index (χ0) is 12.1. The van der Waals surface area contributed by atoms with Gasteiger partial charge in [-0.05, 0) is 50.5 Å². The minimum absolute atomic E-state index is 0.449. The first kappa shape index (κ1) is 11.3. The van der Waals surface area contributed by atoms with E-state index in [1.165, 1.54) is 45.2 Å². The van der Waals surface area contributed by atoms with Gasteiger partial charge < -0.3 is 4.90 Å². The molecule has 100 valence electrons. The molecule has 0 aromatic heterocycles. The average molecular weight is 248 g/mol. The van der Waals surface area contributed by atoms with Crippen molar-refractivity contribution in [3.63, 3.8) is 0 Å². The maximum absolute atomic E-state index is 12.1. The number of fused-ring (bicyclic) bond motifs is 6. The molecule has 0 aromatic rings. The Hall–Kier alpha value is -0.570. The van der Waals surface area contributed by atoms with Crippen LogP contribution in [0.4, 0.5) is 0 Å². The molecule has 0 saturated carbocycles. The fourth-order valence-corrected chi connectivity index (χ4v) is 5.10. The Morgan fingerprint density at radius 2 is 1.78 bits per heavy atom. The van der Waals surface area contributed by atoms with Crippen LogP contribution in [0, 0.1) is 11.8 Å². The van der Waals surface area contributed by atoms with Crippen molar-refractivity contribution in [2.45, 2.75) is 57.0 Å². The molecule has 4 rings (SSSR count). The van der Waals surface area contributed by atoms with Gasteiger partial charge in [0.05, 0.1) is 0 Å². The quantitative estimate of drug-likeness (QED) is 0.653. The van der Waals surface area contributed by atoms with Crippen molar-refractivity contribution >= 4 is 5.91 Å². The van der Waals surface area contributed by atoms with E-state index in [-0.39, 0.29) is 0 Å². The van der Waals surface area contributed by atoms with E-state index < -0.39 is 0 Å². The molecular weight excluding hydrogens is 224 g/mol. The third kappa shape index (κ3) is 1.63. The van der Waals surface area contributed by atoms with Crippen molar-refractivity contribution in [3.05, 3.63) is 0 Å². The molecule has 0 N–H and O–H groups in total. The second-order valence-electron chi connectivity index (χ2n) is 6.82. The normalized spacial score (nSPS) is 44.4. The first-order valence-electron chi connectivity index (χ1n) is 7.86. The molecule has 1 amide bonds. The Morgan fingerprint density at radius 1 is 0.944 bits per heavy atom. The van der Waals surface area contributed by atoms with E-state index in [4.69, 9.17) is 0 Å². The van der Waals surface area contributed by atoms with Gasteiger partial charge in [-0.15, -0.1) is 0 Å². The van der Waals surface area contributed by atoms with Crippen LogP contribution in [0.1, 0.15) is 44.9 Å². The lowest BCUT2D eigenvalue weighted by molar-refractivity contribution is -0.148. The van der Waals surface area contributed by atoms with Crippen LogP contribution >= 0.6 is 0 Å². The van der Waals surface area contributed by atoms with Crippen molar-refractivity contribution in [2.75, 3.05) is 19.6 Å². The maximum Gasteiger partial charge on any atom is 0.222 e. The van der Waals surface area contributed by atoms with E-state index >= 15 is 0 Å². The highest BCUT2D eigenvalue weighted by atomic mass is 16.2. The molecule has 0 radical (unpaired) electrons. The number of rotatable bonds is 0. The molecule has 4 aliphatic rings. The van der Waals surface area contributed by atoms with Gasteiger partial charge in [0.15, 0.2) is 0 Å². The van der Waals surface area contributed by atoms with Gasteiger partial charge in [0.25, 0.3) is 0 Å². The van der Waals surface area contributed by atoms with Gasteiger partial charge in [0.1, 0.15) is 0 Å². The number of carbonyl (C=O) groups excluding carboxylic acids is 1. The lowest BCUT2D eigenvalue weighted by Gasteiger charge is -2.56. The Morgan fingerprint density at radius 3 is 2.72 bits per heavy atom. The average Bonchev–Trinajstić information content (AvgIpc) is 2.40. The van der Waals surface area contributed by atoms with Gasteiger partial charge in [-0.25, -0.2) is 0 Å². The maximum atomic E-state index is 12.1. The molecule has 2 bridgehead atoms. The lowest BCUT2D eigenvalue weighted by Crippen LogP contribution is -2.64. The molecule has 3 nitrogen and oxygen atoms in total. The standard InChI is InChI=1S/C15H24N2O/c18-15-6-3-5-14-11-8-12(10-17(14)15)13-4-1-2-7-16(13)9-11/h11-14H,1-10H2/t11-,12-,13?,14?/m1/s1. The summed E-state index contributed by atoms with van der Waals surface area (Å²) < 4.78 is 0. The number of hydrogen-bond donors (Lipinski definition) is 0. The molecule has 4 atom stereocenters. The van der Waals surface area contributed by atoms with Gasteiger partial charge in [-0.1, -0.05) is 6.42 Å². The highest BCUT2D eigenvalue weighted by Crippen LogP contribution is 2.42. The molecule has 0 aromatic carbocycles. The van der Waals surface area contributed by atoms with Crippen molar-refractivity contribution in [2.24, 2.45) is 11.8 Å². The molecule has 0 aliphatic carbocycles. The monoisotopic (exact) mass is 248 g/mol. The predicted octanol–water partition coefficient (Wildman–Crippen LogP) is 1.87. The van der Waals surface area contributed by atoms with Crippen molar-refractivity contribution in [3.8, 4) is 0 Å². The van der Waals surface area contributed by atoms with Crippen LogP contribution in [0.25, 0.3) is 0 Å². The van der Waals surface area contributed by atoms with Gasteiger partial charge >= 0.3 is 0 Å². The third-order valence-corrected chi connectivity index (χ3v) is 5.87. The number of nitrogens with zero attached hydrogens (tertiary/aromatic N) is 2. The summed E-state index contributed by atoms with van der Waals surface area (Å²) in [5.74, 6) is 2.01. The molecule has 4 aliphatic heterocycles. The summed E-state index contributed by atoms with van der Waals surface area (Å²) in [6.45, 7) is 3.66. The smallest absolute Gasteiger partial charge is 0.222 e. The minimum atomic E-state index is 0.449. The van der Waals surface area contributed by atoms with Crippen LogP contribution in [0.5, 0.6) is 0 Å². The zero-order valence-electron chi connectivity index (χ0n) is 11.2. The molecule has 18 heavy (non-hydrogen) atoms. The second-order valence-corrected chi connectivity index (χ2v) is 6.82. The van der Waals surface area contributed by atoms with E-state index in [0.717, 1.165) is 37.3 Å².